The zero-order chi connectivity index (χ0) is 13.1. The van der Waals surface area contributed by atoms with Crippen LogP contribution in [-0.2, 0) is 9.59 Å². The zero-order valence-electron chi connectivity index (χ0n) is 10.3. The number of carbonyl (C=O) groups is 2. The molecule has 0 aliphatic rings. The summed E-state index contributed by atoms with van der Waals surface area (Å²) in [5, 5.41) is 16.4. The van der Waals surface area contributed by atoms with Gasteiger partial charge in [0.15, 0.2) is 0 Å². The Balaban J connectivity index is 0. The minimum absolute atomic E-state index is 0.0718. The molecule has 0 aromatic carbocycles. The Kier molecular flexibility index (Phi) is 11.3. The summed E-state index contributed by atoms with van der Waals surface area (Å²) in [6.45, 7) is 5.73. The molecule has 5 nitrogen and oxygen atoms in total. The number of hydrogen-bond donors (Lipinski definition) is 3. The Bertz CT molecular complexity index is 206. The van der Waals surface area contributed by atoms with Gasteiger partial charge in [-0.2, -0.15) is 0 Å². The molecule has 96 valence electrons. The summed E-state index contributed by atoms with van der Waals surface area (Å²) in [6.07, 6.45) is 2.89. The number of hydrogen-bond acceptors (Lipinski definition) is 3. The van der Waals surface area contributed by atoms with Crippen LogP contribution in [0.3, 0.4) is 0 Å². The molecule has 0 fully saturated rings. The van der Waals surface area contributed by atoms with Crippen LogP contribution in [-0.4, -0.2) is 28.2 Å². The maximum atomic E-state index is 10.2. The van der Waals surface area contributed by atoms with E-state index in [4.69, 9.17) is 15.9 Å². The summed E-state index contributed by atoms with van der Waals surface area (Å²) < 4.78 is 0. The number of aliphatic carboxylic acids is 2. The third kappa shape index (κ3) is 11.0. The van der Waals surface area contributed by atoms with Crippen molar-refractivity contribution in [1.82, 2.24) is 0 Å². The van der Waals surface area contributed by atoms with Gasteiger partial charge in [0.05, 0.1) is 0 Å². The van der Waals surface area contributed by atoms with Gasteiger partial charge < -0.3 is 15.9 Å². The van der Waals surface area contributed by atoms with Crippen LogP contribution in [0.2, 0.25) is 0 Å². The lowest BCUT2D eigenvalue weighted by molar-refractivity contribution is -0.140. The predicted molar refractivity (Wildman–Crippen MR) is 62.2 cm³/mol. The van der Waals surface area contributed by atoms with Gasteiger partial charge in [-0.1, -0.05) is 33.6 Å². The van der Waals surface area contributed by atoms with E-state index < -0.39 is 18.0 Å². The van der Waals surface area contributed by atoms with Gasteiger partial charge in [-0.05, 0) is 12.3 Å². The molecule has 0 heterocycles. The third-order valence-corrected chi connectivity index (χ3v) is 2.29. The van der Waals surface area contributed by atoms with Gasteiger partial charge in [0.1, 0.15) is 6.04 Å². The quantitative estimate of drug-likeness (QED) is 0.648. The number of rotatable bonds is 6. The molecule has 0 spiro atoms. The summed E-state index contributed by atoms with van der Waals surface area (Å²) in [7, 11) is 0. The lowest BCUT2D eigenvalue weighted by Crippen LogP contribution is -2.36. The molecule has 2 atom stereocenters. The van der Waals surface area contributed by atoms with Gasteiger partial charge in [-0.3, -0.25) is 9.59 Å². The predicted octanol–water partition coefficient (Wildman–Crippen LogP) is 1.71. The van der Waals surface area contributed by atoms with Crippen LogP contribution < -0.4 is 5.73 Å². The highest BCUT2D eigenvalue weighted by Gasteiger charge is 2.17. The highest BCUT2D eigenvalue weighted by atomic mass is 16.4. The lowest BCUT2D eigenvalue weighted by Gasteiger charge is -2.11. The maximum Gasteiger partial charge on any atom is 0.320 e. The second-order valence-electron chi connectivity index (χ2n) is 3.75. The molecule has 0 saturated heterocycles. The molecule has 4 N–H and O–H groups in total. The van der Waals surface area contributed by atoms with Crippen molar-refractivity contribution >= 4 is 11.9 Å². The Morgan fingerprint density at radius 3 is 1.88 bits per heavy atom. The van der Waals surface area contributed by atoms with Crippen molar-refractivity contribution in [3.8, 4) is 0 Å². The fourth-order valence-corrected chi connectivity index (χ4v) is 0.825. The van der Waals surface area contributed by atoms with E-state index in [2.05, 4.69) is 0 Å². The molecule has 0 radical (unpaired) electrons. The Labute approximate surface area is 96.6 Å². The van der Waals surface area contributed by atoms with Crippen molar-refractivity contribution in [3.63, 3.8) is 0 Å². The number of carboxylic acid groups (broad SMARTS) is 2. The van der Waals surface area contributed by atoms with Gasteiger partial charge in [0.25, 0.3) is 0 Å². The fraction of sp³-hybridized carbons (Fsp3) is 0.818. The van der Waals surface area contributed by atoms with Crippen molar-refractivity contribution < 1.29 is 19.8 Å². The van der Waals surface area contributed by atoms with Crippen LogP contribution in [0.25, 0.3) is 0 Å². The fourth-order valence-electron chi connectivity index (χ4n) is 0.825. The first kappa shape index (κ1) is 17.3. The average molecular weight is 233 g/mol. The van der Waals surface area contributed by atoms with Crippen LogP contribution in [0.4, 0.5) is 0 Å². The number of nitrogens with two attached hydrogens (primary N) is 1. The van der Waals surface area contributed by atoms with Crippen LogP contribution in [0.15, 0.2) is 0 Å². The molecule has 0 unspecified atom stereocenters. The van der Waals surface area contributed by atoms with Crippen molar-refractivity contribution in [2.45, 2.75) is 52.5 Å². The third-order valence-electron chi connectivity index (χ3n) is 2.29. The molecule has 0 rings (SSSR count). The highest BCUT2D eigenvalue weighted by molar-refractivity contribution is 5.73. The van der Waals surface area contributed by atoms with Gasteiger partial charge in [0, 0.05) is 6.42 Å². The second-order valence-corrected chi connectivity index (χ2v) is 3.75. The molecule has 0 amide bonds. The molecule has 0 aromatic rings. The normalized spacial score (nSPS) is 13.2. The second kappa shape index (κ2) is 10.4. The van der Waals surface area contributed by atoms with E-state index in [1.54, 1.807) is 0 Å². The SMILES string of the molecule is CCCCC(=O)O.CC[C@H](C)[C@H](N)C(=O)O. The number of unbranched alkanes of at least 4 members (excludes halogenated alkanes) is 1. The minimum Gasteiger partial charge on any atom is -0.481 e. The molecule has 0 aliphatic carbocycles. The summed E-state index contributed by atoms with van der Waals surface area (Å²) in [6, 6.07) is -0.699. The molecule has 16 heavy (non-hydrogen) atoms. The van der Waals surface area contributed by atoms with Gasteiger partial charge >= 0.3 is 11.9 Å². The molecule has 5 heteroatoms. The van der Waals surface area contributed by atoms with Gasteiger partial charge in [0.2, 0.25) is 0 Å². The van der Waals surface area contributed by atoms with E-state index in [0.29, 0.717) is 6.42 Å². The first-order valence-corrected chi connectivity index (χ1v) is 5.56. The van der Waals surface area contributed by atoms with E-state index in [0.717, 1.165) is 19.3 Å². The number of carboxylic acids is 2. The van der Waals surface area contributed by atoms with Crippen molar-refractivity contribution in [3.05, 3.63) is 0 Å². The standard InChI is InChI=1S/C6H13NO2.C5H10O2/c1-3-4(2)5(7)6(8)9;1-2-3-4-5(6)7/h4-5H,3,7H2,1-2H3,(H,8,9);2-4H2,1H3,(H,6,7)/t4-,5-;/m0./s1. The first-order valence-electron chi connectivity index (χ1n) is 5.56. The molecule has 0 aliphatic heterocycles. The maximum absolute atomic E-state index is 10.2. The van der Waals surface area contributed by atoms with E-state index in [9.17, 15) is 9.59 Å². The summed E-state index contributed by atoms with van der Waals surface area (Å²) in [5.41, 5.74) is 5.27. The topological polar surface area (TPSA) is 101 Å². The molecule has 0 saturated carbocycles. The van der Waals surface area contributed by atoms with Crippen molar-refractivity contribution in [1.29, 1.82) is 0 Å². The molecule has 0 bridgehead atoms. The average Bonchev–Trinajstić information content (AvgIpc) is 2.24. The smallest absolute Gasteiger partial charge is 0.320 e. The largest absolute Gasteiger partial charge is 0.481 e. The summed E-state index contributed by atoms with van der Waals surface area (Å²) in [5.74, 6) is -1.53. The van der Waals surface area contributed by atoms with Crippen LogP contribution in [0.1, 0.15) is 46.5 Å². The van der Waals surface area contributed by atoms with Crippen molar-refractivity contribution in [2.75, 3.05) is 0 Å². The first-order chi connectivity index (χ1) is 7.36. The zero-order valence-corrected chi connectivity index (χ0v) is 10.3. The van der Waals surface area contributed by atoms with E-state index in [1.165, 1.54) is 0 Å². The minimum atomic E-state index is -0.913. The lowest BCUT2D eigenvalue weighted by atomic mass is 10.0. The van der Waals surface area contributed by atoms with E-state index >= 15 is 0 Å². The van der Waals surface area contributed by atoms with Crippen LogP contribution in [0.5, 0.6) is 0 Å². The van der Waals surface area contributed by atoms with Crippen LogP contribution >= 0.6 is 0 Å². The Hall–Kier alpha value is -1.10. The molecular weight excluding hydrogens is 210 g/mol. The Morgan fingerprint density at radius 2 is 1.75 bits per heavy atom. The summed E-state index contributed by atoms with van der Waals surface area (Å²) in [4.78, 5) is 19.9. The monoisotopic (exact) mass is 233 g/mol. The van der Waals surface area contributed by atoms with E-state index in [1.807, 2.05) is 20.8 Å². The molecular formula is C11H23NO4. The van der Waals surface area contributed by atoms with Gasteiger partial charge in [-0.15, -0.1) is 0 Å². The molecule has 0 aromatic heterocycles. The van der Waals surface area contributed by atoms with Crippen molar-refractivity contribution in [2.24, 2.45) is 11.7 Å². The highest BCUT2D eigenvalue weighted by Crippen LogP contribution is 2.04. The van der Waals surface area contributed by atoms with E-state index in [-0.39, 0.29) is 5.92 Å². The van der Waals surface area contributed by atoms with Gasteiger partial charge in [-0.25, -0.2) is 0 Å². The Morgan fingerprint density at radius 1 is 1.25 bits per heavy atom. The van der Waals surface area contributed by atoms with Crippen LogP contribution in [0, 0.1) is 5.92 Å². The summed E-state index contributed by atoms with van der Waals surface area (Å²) >= 11 is 0.